The predicted molar refractivity (Wildman–Crippen MR) is 98.8 cm³/mol. The Morgan fingerprint density at radius 2 is 1.86 bits per heavy atom. The number of hydrogen-bond donors (Lipinski definition) is 1. The summed E-state index contributed by atoms with van der Waals surface area (Å²) in [6, 6.07) is 0. The molecule has 12 heteroatoms. The van der Waals surface area contributed by atoms with Gasteiger partial charge < -0.3 is 5.32 Å². The number of hydrogen-bond acceptors (Lipinski definition) is 3. The van der Waals surface area contributed by atoms with E-state index in [1.165, 1.54) is 4.68 Å². The molecule has 0 unspecified atom stereocenters. The Balaban J connectivity index is 1.57. The number of rotatable bonds is 7. The maximum absolute atomic E-state index is 13.0. The van der Waals surface area contributed by atoms with Crippen LogP contribution in [0.5, 0.6) is 0 Å². The predicted octanol–water partition coefficient (Wildman–Crippen LogP) is 4.45. The van der Waals surface area contributed by atoms with E-state index < -0.39 is 22.8 Å². The fourth-order valence-electron chi connectivity index (χ4n) is 2.83. The molecule has 1 N–H and O–H groups in total. The zero-order valence-electron chi connectivity index (χ0n) is 14.8. The first-order valence-electron chi connectivity index (χ1n) is 8.58. The van der Waals surface area contributed by atoms with Crippen molar-refractivity contribution in [3.05, 3.63) is 32.3 Å². The molecule has 0 bridgehead atoms. The van der Waals surface area contributed by atoms with Gasteiger partial charge in [0.05, 0.1) is 16.4 Å². The lowest BCUT2D eigenvalue weighted by molar-refractivity contribution is -0.141. The summed E-state index contributed by atoms with van der Waals surface area (Å²) in [5, 5.41) is 10.7. The molecule has 0 radical (unpaired) electrons. The molecule has 3 rings (SSSR count). The van der Waals surface area contributed by atoms with E-state index in [4.69, 9.17) is 34.8 Å². The first kappa shape index (κ1) is 21.3. The SMILES string of the molecule is Cc1nn(CCCNC(=O)Cn2nc(C(F)(F)F)c(Cl)c2C2CC2)c(Cl)c1Cl. The van der Waals surface area contributed by atoms with Gasteiger partial charge in [0.1, 0.15) is 16.7 Å². The molecule has 28 heavy (non-hydrogen) atoms. The number of nitrogens with one attached hydrogen (secondary N) is 1. The molecule has 0 aliphatic heterocycles. The first-order chi connectivity index (χ1) is 13.1. The lowest BCUT2D eigenvalue weighted by Gasteiger charge is -2.09. The van der Waals surface area contributed by atoms with Crippen LogP contribution in [0.4, 0.5) is 13.2 Å². The van der Waals surface area contributed by atoms with Crippen molar-refractivity contribution < 1.29 is 18.0 Å². The highest BCUT2D eigenvalue weighted by atomic mass is 35.5. The highest BCUT2D eigenvalue weighted by Gasteiger charge is 2.42. The molecule has 1 fully saturated rings. The number of amides is 1. The number of carbonyl (C=O) groups is 1. The molecule has 2 aromatic rings. The maximum atomic E-state index is 13.0. The standard InChI is InChI=1S/C16H17Cl3F3N5O/c1-8-11(17)15(19)26(24-8)6-2-5-23-10(28)7-27-13(9-3-4-9)12(18)14(25-27)16(20,21)22/h9H,2-7H2,1H3,(H,23,28). The average molecular weight is 459 g/mol. The first-order valence-corrected chi connectivity index (χ1v) is 9.71. The van der Waals surface area contributed by atoms with Crippen LogP contribution in [-0.4, -0.2) is 32.0 Å². The van der Waals surface area contributed by atoms with E-state index in [0.717, 1.165) is 17.5 Å². The minimum atomic E-state index is -4.66. The van der Waals surface area contributed by atoms with Gasteiger partial charge in [-0.2, -0.15) is 23.4 Å². The normalized spacial score (nSPS) is 14.5. The third-order valence-corrected chi connectivity index (χ3v) is 5.63. The summed E-state index contributed by atoms with van der Waals surface area (Å²) in [5.74, 6) is -0.533. The van der Waals surface area contributed by atoms with Crippen molar-refractivity contribution in [1.82, 2.24) is 24.9 Å². The minimum Gasteiger partial charge on any atom is -0.354 e. The van der Waals surface area contributed by atoms with E-state index >= 15 is 0 Å². The zero-order valence-corrected chi connectivity index (χ0v) is 17.1. The van der Waals surface area contributed by atoms with Crippen LogP contribution in [0.3, 0.4) is 0 Å². The van der Waals surface area contributed by atoms with E-state index in [1.807, 2.05) is 0 Å². The van der Waals surface area contributed by atoms with Crippen molar-refractivity contribution >= 4 is 40.7 Å². The van der Waals surface area contributed by atoms with Crippen LogP contribution in [0, 0.1) is 6.92 Å². The van der Waals surface area contributed by atoms with Gasteiger partial charge in [-0.05, 0) is 26.2 Å². The smallest absolute Gasteiger partial charge is 0.354 e. The maximum Gasteiger partial charge on any atom is 0.436 e. The second kappa shape index (κ2) is 8.12. The summed E-state index contributed by atoms with van der Waals surface area (Å²) in [4.78, 5) is 12.1. The van der Waals surface area contributed by atoms with E-state index in [9.17, 15) is 18.0 Å². The summed E-state index contributed by atoms with van der Waals surface area (Å²) in [6.45, 7) is 2.14. The Bertz CT molecular complexity index is 889. The topological polar surface area (TPSA) is 64.7 Å². The van der Waals surface area contributed by atoms with E-state index in [0.29, 0.717) is 35.4 Å². The molecule has 6 nitrogen and oxygen atoms in total. The molecule has 0 atom stereocenters. The van der Waals surface area contributed by atoms with E-state index in [1.54, 1.807) is 6.92 Å². The Labute approximate surface area is 173 Å². The van der Waals surface area contributed by atoms with Crippen LogP contribution >= 0.6 is 34.8 Å². The van der Waals surface area contributed by atoms with Crippen molar-refractivity contribution in [3.8, 4) is 0 Å². The van der Waals surface area contributed by atoms with Crippen molar-refractivity contribution in [2.24, 2.45) is 0 Å². The number of alkyl halides is 3. The Morgan fingerprint density at radius 1 is 1.18 bits per heavy atom. The van der Waals surface area contributed by atoms with Gasteiger partial charge in [0, 0.05) is 19.0 Å². The van der Waals surface area contributed by atoms with E-state index in [2.05, 4.69) is 15.5 Å². The van der Waals surface area contributed by atoms with Gasteiger partial charge in [0.15, 0.2) is 5.69 Å². The van der Waals surface area contributed by atoms with Gasteiger partial charge >= 0.3 is 6.18 Å². The van der Waals surface area contributed by atoms with Gasteiger partial charge in [-0.25, -0.2) is 0 Å². The molecule has 0 saturated heterocycles. The van der Waals surface area contributed by atoms with Crippen LogP contribution < -0.4 is 5.32 Å². The van der Waals surface area contributed by atoms with E-state index in [-0.39, 0.29) is 18.2 Å². The highest BCUT2D eigenvalue weighted by molar-refractivity contribution is 6.41. The average Bonchev–Trinajstić information content (AvgIpc) is 3.34. The van der Waals surface area contributed by atoms with Gasteiger partial charge in [-0.1, -0.05) is 34.8 Å². The zero-order chi connectivity index (χ0) is 20.6. The third kappa shape index (κ3) is 4.58. The number of nitrogens with zero attached hydrogens (tertiary/aromatic N) is 4. The van der Waals surface area contributed by atoms with Crippen LogP contribution in [0.25, 0.3) is 0 Å². The Kier molecular flexibility index (Phi) is 6.17. The van der Waals surface area contributed by atoms with Gasteiger partial charge in [0.2, 0.25) is 5.91 Å². The molecule has 0 aromatic carbocycles. The van der Waals surface area contributed by atoms with Crippen molar-refractivity contribution in [2.45, 2.75) is 51.4 Å². The number of halogens is 6. The molecule has 1 aliphatic rings. The number of aromatic nitrogens is 4. The molecule has 1 saturated carbocycles. The molecule has 0 spiro atoms. The second-order valence-electron chi connectivity index (χ2n) is 6.59. The van der Waals surface area contributed by atoms with Crippen LogP contribution in [0.1, 0.15) is 42.3 Å². The quantitative estimate of drug-likeness (QED) is 0.624. The summed E-state index contributed by atoms with van der Waals surface area (Å²) in [6.07, 6.45) is -2.68. The van der Waals surface area contributed by atoms with Gasteiger partial charge in [-0.3, -0.25) is 14.2 Å². The summed E-state index contributed by atoms with van der Waals surface area (Å²) < 4.78 is 41.7. The molecule has 1 amide bonds. The fourth-order valence-corrected chi connectivity index (χ4v) is 3.62. The number of aryl methyl sites for hydroxylation is 2. The van der Waals surface area contributed by atoms with Crippen LogP contribution in [0.15, 0.2) is 0 Å². The molecule has 2 aromatic heterocycles. The Morgan fingerprint density at radius 3 is 2.39 bits per heavy atom. The lowest BCUT2D eigenvalue weighted by atomic mass is 10.2. The number of carbonyl (C=O) groups excluding carboxylic acids is 1. The third-order valence-electron chi connectivity index (χ3n) is 4.32. The Hall–Kier alpha value is -1.45. The minimum absolute atomic E-state index is 0.0844. The van der Waals surface area contributed by atoms with Crippen molar-refractivity contribution in [1.29, 1.82) is 0 Å². The van der Waals surface area contributed by atoms with Crippen molar-refractivity contribution in [2.75, 3.05) is 6.54 Å². The van der Waals surface area contributed by atoms with Crippen molar-refractivity contribution in [3.63, 3.8) is 0 Å². The van der Waals surface area contributed by atoms with Gasteiger partial charge in [0.25, 0.3) is 0 Å². The molecular weight excluding hydrogens is 442 g/mol. The molecule has 1 aliphatic carbocycles. The summed E-state index contributed by atoms with van der Waals surface area (Å²) in [7, 11) is 0. The molecule has 2 heterocycles. The fraction of sp³-hybridized carbons (Fsp3) is 0.562. The second-order valence-corrected chi connectivity index (χ2v) is 7.71. The summed E-state index contributed by atoms with van der Waals surface area (Å²) >= 11 is 17.9. The highest BCUT2D eigenvalue weighted by Crippen LogP contribution is 2.46. The summed E-state index contributed by atoms with van der Waals surface area (Å²) in [5.41, 5.74) is -0.263. The van der Waals surface area contributed by atoms with Gasteiger partial charge in [-0.15, -0.1) is 0 Å². The lowest BCUT2D eigenvalue weighted by Crippen LogP contribution is -2.30. The monoisotopic (exact) mass is 457 g/mol. The largest absolute Gasteiger partial charge is 0.436 e. The molecular formula is C16H17Cl3F3N5O. The van der Waals surface area contributed by atoms with Crippen LogP contribution in [0.2, 0.25) is 15.2 Å². The molecule has 154 valence electrons. The van der Waals surface area contributed by atoms with Crippen LogP contribution in [-0.2, 0) is 24.1 Å².